The van der Waals surface area contributed by atoms with Gasteiger partial charge in [-0.25, -0.2) is 0 Å². The minimum absolute atomic E-state index is 0.0698. The molecule has 1 aliphatic rings. The predicted octanol–water partition coefficient (Wildman–Crippen LogP) is 2.87. The normalized spacial score (nSPS) is 17.4. The fraction of sp³-hybridized carbons (Fsp3) is 0.294. The van der Waals surface area contributed by atoms with Crippen LogP contribution in [0.4, 0.5) is 0 Å². The molecule has 1 aliphatic heterocycles. The van der Waals surface area contributed by atoms with Gasteiger partial charge in [0.15, 0.2) is 0 Å². The van der Waals surface area contributed by atoms with Crippen LogP contribution in [0, 0.1) is 0 Å². The Morgan fingerprint density at radius 3 is 2.83 bits per heavy atom. The van der Waals surface area contributed by atoms with E-state index in [1.165, 1.54) is 0 Å². The molecule has 0 N–H and O–H groups in total. The van der Waals surface area contributed by atoms with Gasteiger partial charge >= 0.3 is 0 Å². The first-order valence-electron chi connectivity index (χ1n) is 7.26. The third-order valence-electron chi connectivity index (χ3n) is 3.74. The zero-order valence-corrected chi connectivity index (χ0v) is 13.9. The summed E-state index contributed by atoms with van der Waals surface area (Å²) in [6.45, 7) is 0.466. The van der Waals surface area contributed by atoms with Crippen molar-refractivity contribution in [3.63, 3.8) is 0 Å². The minimum atomic E-state index is -0.0698. The summed E-state index contributed by atoms with van der Waals surface area (Å²) >= 11 is 1.60. The number of carbonyl (C=O) groups excluding carboxylic acids is 1. The fourth-order valence-corrected chi connectivity index (χ4v) is 3.73. The van der Waals surface area contributed by atoms with E-state index in [9.17, 15) is 4.79 Å². The third kappa shape index (κ3) is 3.27. The molecular formula is C17H18N2O3S. The van der Waals surface area contributed by atoms with Crippen LogP contribution in [0.5, 0.6) is 11.5 Å². The Bertz CT molecular complexity index is 693. The van der Waals surface area contributed by atoms with E-state index in [1.807, 2.05) is 41.3 Å². The van der Waals surface area contributed by atoms with E-state index in [0.717, 1.165) is 22.8 Å². The average Bonchev–Trinajstić information content (AvgIpc) is 2.96. The number of hydrogen-bond donors (Lipinski definition) is 0. The van der Waals surface area contributed by atoms with Crippen molar-refractivity contribution < 1.29 is 14.3 Å². The SMILES string of the molecule is COc1ccc(OC)c(CN2C(=O)CSC2c2ccccn2)c1. The molecule has 0 radical (unpaired) electrons. The van der Waals surface area contributed by atoms with Gasteiger partial charge in [0.25, 0.3) is 0 Å². The van der Waals surface area contributed by atoms with Gasteiger partial charge in [-0.1, -0.05) is 6.07 Å². The Morgan fingerprint density at radius 2 is 2.13 bits per heavy atom. The number of pyridine rings is 1. The van der Waals surface area contributed by atoms with Crippen molar-refractivity contribution in [3.05, 3.63) is 53.9 Å². The summed E-state index contributed by atoms with van der Waals surface area (Å²) in [6.07, 6.45) is 1.75. The second-order valence-corrected chi connectivity index (χ2v) is 6.19. The van der Waals surface area contributed by atoms with Crippen molar-refractivity contribution in [2.24, 2.45) is 0 Å². The molecule has 0 saturated carbocycles. The summed E-state index contributed by atoms with van der Waals surface area (Å²) < 4.78 is 10.7. The van der Waals surface area contributed by atoms with Crippen molar-refractivity contribution in [2.45, 2.75) is 11.9 Å². The number of ether oxygens (including phenoxy) is 2. The van der Waals surface area contributed by atoms with Gasteiger partial charge in [-0.15, -0.1) is 11.8 Å². The monoisotopic (exact) mass is 330 g/mol. The standard InChI is InChI=1S/C17H18N2O3S/c1-21-13-6-7-15(22-2)12(9-13)10-19-16(20)11-23-17(19)14-5-3-4-8-18-14/h3-9,17H,10-11H2,1-2H3. The molecule has 1 amide bonds. The van der Waals surface area contributed by atoms with Gasteiger partial charge in [0.1, 0.15) is 16.9 Å². The van der Waals surface area contributed by atoms with Gasteiger partial charge in [-0.2, -0.15) is 0 Å². The van der Waals surface area contributed by atoms with Gasteiger partial charge in [0.2, 0.25) is 5.91 Å². The summed E-state index contributed by atoms with van der Waals surface area (Å²) in [5.74, 6) is 2.06. The van der Waals surface area contributed by atoms with Crippen LogP contribution in [-0.2, 0) is 11.3 Å². The minimum Gasteiger partial charge on any atom is -0.497 e. The van der Waals surface area contributed by atoms with E-state index in [1.54, 1.807) is 32.2 Å². The Labute approximate surface area is 139 Å². The second kappa shape index (κ2) is 6.91. The van der Waals surface area contributed by atoms with E-state index in [4.69, 9.17) is 9.47 Å². The number of aromatic nitrogens is 1. The summed E-state index contributed by atoms with van der Waals surface area (Å²) in [4.78, 5) is 18.6. The molecule has 120 valence electrons. The molecule has 0 bridgehead atoms. The quantitative estimate of drug-likeness (QED) is 0.844. The number of benzene rings is 1. The largest absolute Gasteiger partial charge is 0.497 e. The van der Waals surface area contributed by atoms with E-state index in [0.29, 0.717) is 12.3 Å². The lowest BCUT2D eigenvalue weighted by atomic mass is 10.1. The van der Waals surface area contributed by atoms with Crippen LogP contribution in [-0.4, -0.2) is 35.8 Å². The predicted molar refractivity (Wildman–Crippen MR) is 89.5 cm³/mol. The first-order chi connectivity index (χ1) is 11.2. The summed E-state index contributed by atoms with van der Waals surface area (Å²) in [5, 5.41) is -0.0698. The molecule has 3 rings (SSSR count). The highest BCUT2D eigenvalue weighted by Crippen LogP contribution is 2.39. The highest BCUT2D eigenvalue weighted by molar-refractivity contribution is 8.00. The Kier molecular flexibility index (Phi) is 4.71. The van der Waals surface area contributed by atoms with Gasteiger partial charge < -0.3 is 14.4 Å². The summed E-state index contributed by atoms with van der Waals surface area (Å²) in [7, 11) is 3.25. The first-order valence-corrected chi connectivity index (χ1v) is 8.30. The number of thioether (sulfide) groups is 1. The Hall–Kier alpha value is -2.21. The topological polar surface area (TPSA) is 51.7 Å². The van der Waals surface area contributed by atoms with Crippen molar-refractivity contribution in [1.82, 2.24) is 9.88 Å². The lowest BCUT2D eigenvalue weighted by Gasteiger charge is -2.24. The maximum atomic E-state index is 12.3. The molecule has 5 nitrogen and oxygen atoms in total. The van der Waals surface area contributed by atoms with Gasteiger partial charge in [-0.3, -0.25) is 9.78 Å². The molecule has 1 saturated heterocycles. The van der Waals surface area contributed by atoms with Crippen LogP contribution in [0.2, 0.25) is 0 Å². The van der Waals surface area contributed by atoms with Gasteiger partial charge in [0.05, 0.1) is 32.2 Å². The second-order valence-electron chi connectivity index (χ2n) is 5.12. The van der Waals surface area contributed by atoms with E-state index >= 15 is 0 Å². The van der Waals surface area contributed by atoms with Crippen LogP contribution in [0.3, 0.4) is 0 Å². The van der Waals surface area contributed by atoms with Gasteiger partial charge in [0, 0.05) is 11.8 Å². The average molecular weight is 330 g/mol. The number of hydrogen-bond acceptors (Lipinski definition) is 5. The fourth-order valence-electron chi connectivity index (χ4n) is 2.58. The third-order valence-corrected chi connectivity index (χ3v) is 4.96. The van der Waals surface area contributed by atoms with Crippen LogP contribution in [0.1, 0.15) is 16.6 Å². The zero-order valence-electron chi connectivity index (χ0n) is 13.1. The first kappa shape index (κ1) is 15.7. The number of carbonyl (C=O) groups is 1. The molecule has 1 unspecified atom stereocenters. The molecule has 0 aliphatic carbocycles. The molecule has 1 atom stereocenters. The number of amides is 1. The van der Waals surface area contributed by atoms with Crippen LogP contribution in [0.25, 0.3) is 0 Å². The lowest BCUT2D eigenvalue weighted by Crippen LogP contribution is -2.28. The Balaban J connectivity index is 1.89. The van der Waals surface area contributed by atoms with Crippen molar-refractivity contribution in [2.75, 3.05) is 20.0 Å². The molecule has 6 heteroatoms. The van der Waals surface area contributed by atoms with Crippen molar-refractivity contribution in [3.8, 4) is 11.5 Å². The van der Waals surface area contributed by atoms with E-state index < -0.39 is 0 Å². The lowest BCUT2D eigenvalue weighted by molar-refractivity contribution is -0.128. The zero-order chi connectivity index (χ0) is 16.2. The van der Waals surface area contributed by atoms with Crippen molar-refractivity contribution >= 4 is 17.7 Å². The molecule has 2 heterocycles. The molecular weight excluding hydrogens is 312 g/mol. The highest BCUT2D eigenvalue weighted by Gasteiger charge is 2.34. The number of methoxy groups -OCH3 is 2. The summed E-state index contributed by atoms with van der Waals surface area (Å²) in [5.41, 5.74) is 1.81. The molecule has 1 aromatic carbocycles. The molecule has 23 heavy (non-hydrogen) atoms. The maximum absolute atomic E-state index is 12.3. The van der Waals surface area contributed by atoms with Crippen molar-refractivity contribution in [1.29, 1.82) is 0 Å². The van der Waals surface area contributed by atoms with E-state index in [2.05, 4.69) is 4.98 Å². The summed E-state index contributed by atoms with van der Waals surface area (Å²) in [6, 6.07) is 11.4. The molecule has 1 fully saturated rings. The van der Waals surface area contributed by atoms with Crippen LogP contribution in [0.15, 0.2) is 42.6 Å². The Morgan fingerprint density at radius 1 is 1.26 bits per heavy atom. The van der Waals surface area contributed by atoms with Crippen LogP contribution >= 0.6 is 11.8 Å². The highest BCUT2D eigenvalue weighted by atomic mass is 32.2. The molecule has 2 aromatic rings. The molecule has 1 aromatic heterocycles. The number of nitrogens with zero attached hydrogens (tertiary/aromatic N) is 2. The molecule has 0 spiro atoms. The van der Waals surface area contributed by atoms with Crippen LogP contribution < -0.4 is 9.47 Å². The van der Waals surface area contributed by atoms with Gasteiger partial charge in [-0.05, 0) is 30.3 Å². The maximum Gasteiger partial charge on any atom is 0.234 e. The smallest absolute Gasteiger partial charge is 0.234 e. The number of rotatable bonds is 5. The van der Waals surface area contributed by atoms with E-state index in [-0.39, 0.29) is 11.3 Å².